The van der Waals surface area contributed by atoms with Gasteiger partial charge in [-0.3, -0.25) is 0 Å². The van der Waals surface area contributed by atoms with Crippen molar-refractivity contribution < 1.29 is 14.3 Å². The van der Waals surface area contributed by atoms with Crippen molar-refractivity contribution in [1.29, 1.82) is 0 Å². The van der Waals surface area contributed by atoms with Crippen molar-refractivity contribution >= 4 is 11.6 Å². The van der Waals surface area contributed by atoms with E-state index in [1.807, 2.05) is 41.5 Å². The molecule has 2 rings (SSSR count). The lowest BCUT2D eigenvalue weighted by atomic mass is 10.2. The number of esters is 1. The Morgan fingerprint density at radius 3 is 2.33 bits per heavy atom. The summed E-state index contributed by atoms with van der Waals surface area (Å²) >= 11 is 0. The molecule has 0 spiro atoms. The van der Waals surface area contributed by atoms with Gasteiger partial charge in [0, 0.05) is 6.07 Å². The third-order valence-corrected chi connectivity index (χ3v) is 2.35. The van der Waals surface area contributed by atoms with Gasteiger partial charge in [0.25, 0.3) is 0 Å². The lowest BCUT2D eigenvalue weighted by molar-refractivity contribution is 0.0600. The molecular weight excluding hydrogens is 270 g/mol. The second-order valence-electron chi connectivity index (χ2n) is 3.45. The van der Waals surface area contributed by atoms with Crippen molar-refractivity contribution in [2.75, 3.05) is 13.7 Å². The number of hydrogen-bond acceptors (Lipinski definition) is 5. The summed E-state index contributed by atoms with van der Waals surface area (Å²) in [7, 11) is 1.34. The molecule has 0 amide bonds. The Labute approximate surface area is 126 Å². The summed E-state index contributed by atoms with van der Waals surface area (Å²) in [5, 5.41) is 7.91. The molecule has 0 unspecified atom stereocenters. The lowest BCUT2D eigenvalue weighted by Crippen LogP contribution is -2.06. The van der Waals surface area contributed by atoms with E-state index >= 15 is 0 Å². The van der Waals surface area contributed by atoms with Crippen LogP contribution in [0.4, 0.5) is 0 Å². The van der Waals surface area contributed by atoms with Crippen LogP contribution in [0.5, 0.6) is 5.88 Å². The maximum absolute atomic E-state index is 11.5. The number of aryl methyl sites for hydroxylation is 1. The zero-order valence-electron chi connectivity index (χ0n) is 13.9. The fraction of sp³-hybridized carbons (Fsp3) is 0.533. The minimum absolute atomic E-state index is 0.399. The monoisotopic (exact) mass is 295 g/mol. The molecule has 21 heavy (non-hydrogen) atoms. The van der Waals surface area contributed by atoms with Gasteiger partial charge in [-0.15, -0.1) is 10.2 Å². The molecule has 2 aromatic rings. The van der Waals surface area contributed by atoms with Crippen LogP contribution in [-0.4, -0.2) is 34.3 Å². The SMILES string of the molecule is CC.CC.CCOc1cc(C(=O)OC)cc2nnc(C)n12. The number of methoxy groups -OCH3 is 1. The van der Waals surface area contributed by atoms with Crippen LogP contribution < -0.4 is 4.74 Å². The first kappa shape index (κ1) is 18.9. The van der Waals surface area contributed by atoms with Gasteiger partial charge in [0.05, 0.1) is 19.3 Å². The van der Waals surface area contributed by atoms with Gasteiger partial charge < -0.3 is 9.47 Å². The number of hydrogen-bond donors (Lipinski definition) is 0. The van der Waals surface area contributed by atoms with Crippen LogP contribution in [0.15, 0.2) is 12.1 Å². The van der Waals surface area contributed by atoms with Crippen LogP contribution >= 0.6 is 0 Å². The molecule has 0 atom stereocenters. The van der Waals surface area contributed by atoms with E-state index in [4.69, 9.17) is 4.74 Å². The number of fused-ring (bicyclic) bond motifs is 1. The topological polar surface area (TPSA) is 65.7 Å². The highest BCUT2D eigenvalue weighted by Gasteiger charge is 2.14. The highest BCUT2D eigenvalue weighted by Crippen LogP contribution is 2.19. The number of carbonyl (C=O) groups excluding carboxylic acids is 1. The number of pyridine rings is 1. The third-order valence-electron chi connectivity index (χ3n) is 2.35. The second-order valence-corrected chi connectivity index (χ2v) is 3.45. The van der Waals surface area contributed by atoms with Crippen molar-refractivity contribution in [3.8, 4) is 5.88 Å². The van der Waals surface area contributed by atoms with Gasteiger partial charge in [0.1, 0.15) is 5.82 Å². The molecule has 0 fully saturated rings. The molecule has 0 radical (unpaired) electrons. The second kappa shape index (κ2) is 9.74. The standard InChI is InChI=1S/C11H13N3O3.2C2H6/c1-4-17-10-6-8(11(15)16-3)5-9-13-12-7(2)14(9)10;2*1-2/h5-6H,4H2,1-3H3;2*1-2H3. The molecule has 2 aromatic heterocycles. The normalized spacial score (nSPS) is 9.10. The summed E-state index contributed by atoms with van der Waals surface area (Å²) in [6.07, 6.45) is 0. The van der Waals surface area contributed by atoms with E-state index in [2.05, 4.69) is 14.9 Å². The first-order valence-corrected chi connectivity index (χ1v) is 7.24. The number of rotatable bonds is 3. The van der Waals surface area contributed by atoms with Crippen LogP contribution in [-0.2, 0) is 4.74 Å². The molecule has 0 aromatic carbocycles. The van der Waals surface area contributed by atoms with E-state index in [0.717, 1.165) is 0 Å². The van der Waals surface area contributed by atoms with Gasteiger partial charge in [-0.05, 0) is 19.9 Å². The molecular formula is C15H25N3O3. The largest absolute Gasteiger partial charge is 0.479 e. The Morgan fingerprint density at radius 1 is 1.19 bits per heavy atom. The van der Waals surface area contributed by atoms with Gasteiger partial charge >= 0.3 is 5.97 Å². The zero-order chi connectivity index (χ0) is 16.4. The number of aromatic nitrogens is 3. The number of nitrogens with zero attached hydrogens (tertiary/aromatic N) is 3. The molecule has 0 N–H and O–H groups in total. The minimum atomic E-state index is -0.422. The molecule has 6 nitrogen and oxygen atoms in total. The maximum atomic E-state index is 11.5. The lowest BCUT2D eigenvalue weighted by Gasteiger charge is -2.08. The van der Waals surface area contributed by atoms with Crippen molar-refractivity contribution in [1.82, 2.24) is 14.6 Å². The van der Waals surface area contributed by atoms with E-state index in [1.165, 1.54) is 7.11 Å². The molecule has 0 saturated carbocycles. The van der Waals surface area contributed by atoms with E-state index in [1.54, 1.807) is 16.5 Å². The van der Waals surface area contributed by atoms with Gasteiger partial charge in [-0.25, -0.2) is 9.20 Å². The molecule has 0 saturated heterocycles. The van der Waals surface area contributed by atoms with Crippen molar-refractivity contribution in [2.45, 2.75) is 41.5 Å². The fourth-order valence-corrected chi connectivity index (χ4v) is 1.61. The van der Waals surface area contributed by atoms with E-state index in [0.29, 0.717) is 29.5 Å². The predicted octanol–water partition coefficient (Wildman–Crippen LogP) is 3.28. The van der Waals surface area contributed by atoms with Gasteiger partial charge in [-0.2, -0.15) is 0 Å². The predicted molar refractivity (Wildman–Crippen MR) is 82.9 cm³/mol. The average molecular weight is 295 g/mol. The average Bonchev–Trinajstić information content (AvgIpc) is 2.92. The fourth-order valence-electron chi connectivity index (χ4n) is 1.61. The van der Waals surface area contributed by atoms with Gasteiger partial charge in [-0.1, -0.05) is 27.7 Å². The van der Waals surface area contributed by atoms with Crippen LogP contribution in [0.3, 0.4) is 0 Å². The molecule has 0 aliphatic carbocycles. The summed E-state index contributed by atoms with van der Waals surface area (Å²) in [6, 6.07) is 3.24. The van der Waals surface area contributed by atoms with Gasteiger partial charge in [0.2, 0.25) is 5.88 Å². The van der Waals surface area contributed by atoms with E-state index in [9.17, 15) is 4.79 Å². The number of carbonyl (C=O) groups is 1. The molecule has 6 heteroatoms. The Morgan fingerprint density at radius 2 is 1.81 bits per heavy atom. The maximum Gasteiger partial charge on any atom is 0.338 e. The third kappa shape index (κ3) is 4.44. The Kier molecular flexibility index (Phi) is 8.76. The molecule has 0 aliphatic heterocycles. The van der Waals surface area contributed by atoms with Crippen LogP contribution in [0, 0.1) is 6.92 Å². The molecule has 0 aliphatic rings. The van der Waals surface area contributed by atoms with Crippen LogP contribution in [0.1, 0.15) is 50.8 Å². The summed E-state index contributed by atoms with van der Waals surface area (Å²) in [5.41, 5.74) is 0.963. The highest BCUT2D eigenvalue weighted by molar-refractivity contribution is 5.90. The molecule has 118 valence electrons. The van der Waals surface area contributed by atoms with E-state index in [-0.39, 0.29) is 0 Å². The van der Waals surface area contributed by atoms with E-state index < -0.39 is 5.97 Å². The molecule has 2 heterocycles. The minimum Gasteiger partial charge on any atom is -0.479 e. The van der Waals surface area contributed by atoms with Crippen LogP contribution in [0.2, 0.25) is 0 Å². The highest BCUT2D eigenvalue weighted by atomic mass is 16.5. The van der Waals surface area contributed by atoms with Gasteiger partial charge in [0.15, 0.2) is 5.65 Å². The zero-order valence-corrected chi connectivity index (χ0v) is 13.9. The Hall–Kier alpha value is -2.11. The summed E-state index contributed by atoms with van der Waals surface area (Å²) in [6.45, 7) is 12.2. The van der Waals surface area contributed by atoms with Crippen molar-refractivity contribution in [3.05, 3.63) is 23.5 Å². The first-order chi connectivity index (χ1) is 10.2. The number of ether oxygens (including phenoxy) is 2. The Balaban J connectivity index is 0.000000921. The first-order valence-electron chi connectivity index (χ1n) is 7.24. The van der Waals surface area contributed by atoms with Crippen molar-refractivity contribution in [2.24, 2.45) is 0 Å². The summed E-state index contributed by atoms with van der Waals surface area (Å²) in [5.74, 6) is 0.821. The van der Waals surface area contributed by atoms with Crippen LogP contribution in [0.25, 0.3) is 5.65 Å². The summed E-state index contributed by atoms with van der Waals surface area (Å²) < 4.78 is 11.9. The quantitative estimate of drug-likeness (QED) is 0.813. The summed E-state index contributed by atoms with van der Waals surface area (Å²) in [4.78, 5) is 11.5. The smallest absolute Gasteiger partial charge is 0.338 e. The molecule has 0 bridgehead atoms. The Bertz CT molecular complexity index is 565. The van der Waals surface area contributed by atoms with Crippen molar-refractivity contribution in [3.63, 3.8) is 0 Å².